The largest absolute Gasteiger partial charge is 0.450 e. The Bertz CT molecular complexity index is 1070. The summed E-state index contributed by atoms with van der Waals surface area (Å²) in [6.07, 6.45) is 2.08. The van der Waals surface area contributed by atoms with Crippen LogP contribution >= 0.6 is 0 Å². The molecule has 0 aliphatic heterocycles. The number of rotatable bonds is 6. The number of halogens is 4. The molecule has 2 aromatic rings. The minimum Gasteiger partial charge on any atom is -0.450 e. The maximum atomic E-state index is 13.6. The second-order valence-electron chi connectivity index (χ2n) is 8.08. The Morgan fingerprint density at radius 3 is 2.14 bits per heavy atom. The van der Waals surface area contributed by atoms with Gasteiger partial charge in [-0.15, -0.1) is 0 Å². The number of benzene rings is 2. The Morgan fingerprint density at radius 1 is 0.914 bits per heavy atom. The first-order valence-corrected chi connectivity index (χ1v) is 11.2. The maximum absolute atomic E-state index is 13.6. The van der Waals surface area contributed by atoms with Crippen LogP contribution in [0.25, 0.3) is 0 Å². The number of carbonyl (C=O) groups is 2. The van der Waals surface area contributed by atoms with Crippen molar-refractivity contribution >= 4 is 18.0 Å². The Balaban J connectivity index is 1.69. The van der Waals surface area contributed by atoms with E-state index in [0.29, 0.717) is 25.7 Å². The van der Waals surface area contributed by atoms with Crippen molar-refractivity contribution in [3.63, 3.8) is 0 Å². The van der Waals surface area contributed by atoms with Crippen molar-refractivity contribution in [1.82, 2.24) is 16.0 Å². The lowest BCUT2D eigenvalue weighted by Crippen LogP contribution is -2.47. The van der Waals surface area contributed by atoms with Gasteiger partial charge in [0.1, 0.15) is 11.6 Å². The third kappa shape index (κ3) is 7.97. The highest BCUT2D eigenvalue weighted by Gasteiger charge is 2.24. The highest BCUT2D eigenvalue weighted by atomic mass is 19.2. The molecule has 7 nitrogen and oxygen atoms in total. The molecule has 2 amide bonds. The van der Waals surface area contributed by atoms with Crippen molar-refractivity contribution in [3.05, 3.63) is 70.8 Å². The third-order valence-electron chi connectivity index (χ3n) is 5.43. The van der Waals surface area contributed by atoms with Crippen molar-refractivity contribution in [3.8, 4) is 0 Å². The van der Waals surface area contributed by atoms with E-state index in [9.17, 15) is 27.2 Å². The van der Waals surface area contributed by atoms with Crippen LogP contribution in [0.4, 0.5) is 22.4 Å². The van der Waals surface area contributed by atoms with E-state index in [1.54, 1.807) is 6.92 Å². The highest BCUT2D eigenvalue weighted by molar-refractivity contribution is 6.02. The summed E-state index contributed by atoms with van der Waals surface area (Å²) >= 11 is 0. The Labute approximate surface area is 200 Å². The van der Waals surface area contributed by atoms with E-state index in [1.165, 1.54) is 0 Å². The Hall–Kier alpha value is -3.63. The lowest BCUT2D eigenvalue weighted by atomic mass is 9.91. The van der Waals surface area contributed by atoms with E-state index >= 15 is 0 Å². The Kier molecular flexibility index (Phi) is 9.04. The zero-order chi connectivity index (χ0) is 25.4. The van der Waals surface area contributed by atoms with Crippen molar-refractivity contribution in [2.24, 2.45) is 4.99 Å². The Morgan fingerprint density at radius 2 is 1.54 bits per heavy atom. The van der Waals surface area contributed by atoms with Gasteiger partial charge in [0.2, 0.25) is 0 Å². The average Bonchev–Trinajstić information content (AvgIpc) is 2.80. The normalized spacial score (nSPS) is 18.0. The summed E-state index contributed by atoms with van der Waals surface area (Å²) in [7, 11) is 0. The number of nitrogens with one attached hydrogen (secondary N) is 3. The molecule has 0 bridgehead atoms. The fourth-order valence-electron chi connectivity index (χ4n) is 3.73. The summed E-state index contributed by atoms with van der Waals surface area (Å²) in [5.41, 5.74) is 0.115. The fourth-order valence-corrected chi connectivity index (χ4v) is 3.73. The van der Waals surface area contributed by atoms with Crippen molar-refractivity contribution in [1.29, 1.82) is 0 Å². The third-order valence-corrected chi connectivity index (χ3v) is 5.43. The molecule has 11 heteroatoms. The molecule has 0 unspecified atom stereocenters. The second-order valence-corrected chi connectivity index (χ2v) is 8.08. The predicted octanol–water partition coefficient (Wildman–Crippen LogP) is 4.18. The van der Waals surface area contributed by atoms with E-state index < -0.39 is 35.3 Å². The predicted molar refractivity (Wildman–Crippen MR) is 121 cm³/mol. The quantitative estimate of drug-likeness (QED) is 0.319. The zero-order valence-corrected chi connectivity index (χ0v) is 19.0. The molecule has 2 aromatic carbocycles. The van der Waals surface area contributed by atoms with E-state index in [1.807, 2.05) is 0 Å². The second kappa shape index (κ2) is 12.2. The van der Waals surface area contributed by atoms with E-state index in [4.69, 9.17) is 4.74 Å². The number of nitrogens with zero attached hydrogens (tertiary/aromatic N) is 1. The number of guanidine groups is 1. The number of amides is 2. The van der Waals surface area contributed by atoms with Crippen molar-refractivity contribution in [2.45, 2.75) is 51.2 Å². The molecule has 1 saturated carbocycles. The zero-order valence-electron chi connectivity index (χ0n) is 19.0. The molecule has 188 valence electrons. The summed E-state index contributed by atoms with van der Waals surface area (Å²) in [6, 6.07) is 5.51. The van der Waals surface area contributed by atoms with Crippen LogP contribution in [0.5, 0.6) is 0 Å². The first-order chi connectivity index (χ1) is 16.7. The standard InChI is InChI=1S/C24H26F4N4O3/c1-2-35-24(34)31-19-6-4-18(5-7-19)30-23(29-13-14-9-16(25)12-17(26)10-14)32-22(33)15-3-8-20(27)21(28)11-15/h3,8-12,18-19H,2,4-7,13H2,1H3,(H,31,34)(H2,29,30,32,33)/t18-,19-. The van der Waals surface area contributed by atoms with Gasteiger partial charge in [-0.1, -0.05) is 0 Å². The molecule has 1 aliphatic carbocycles. The number of aliphatic imine (C=N–C) groups is 1. The highest BCUT2D eigenvalue weighted by Crippen LogP contribution is 2.19. The average molecular weight is 494 g/mol. The number of ether oxygens (including phenoxy) is 1. The monoisotopic (exact) mass is 494 g/mol. The topological polar surface area (TPSA) is 91.8 Å². The van der Waals surface area contributed by atoms with Gasteiger partial charge in [0.15, 0.2) is 17.6 Å². The lowest BCUT2D eigenvalue weighted by molar-refractivity contribution is 0.100. The van der Waals surface area contributed by atoms with E-state index in [0.717, 1.165) is 36.4 Å². The molecule has 1 fully saturated rings. The van der Waals surface area contributed by atoms with Gasteiger partial charge in [-0.05, 0) is 68.5 Å². The summed E-state index contributed by atoms with van der Waals surface area (Å²) in [5.74, 6) is -4.59. The van der Waals surface area contributed by atoms with Gasteiger partial charge in [-0.2, -0.15) is 4.99 Å². The van der Waals surface area contributed by atoms with Crippen LogP contribution in [0.3, 0.4) is 0 Å². The van der Waals surface area contributed by atoms with Gasteiger partial charge in [-0.3, -0.25) is 4.79 Å². The molecule has 3 rings (SSSR count). The first-order valence-electron chi connectivity index (χ1n) is 11.2. The van der Waals surface area contributed by atoms with Crippen molar-refractivity contribution < 1.29 is 31.9 Å². The van der Waals surface area contributed by atoms with Crippen molar-refractivity contribution in [2.75, 3.05) is 6.61 Å². The molecule has 0 radical (unpaired) electrons. The molecule has 0 spiro atoms. The van der Waals surface area contributed by atoms with Gasteiger partial charge in [0.25, 0.3) is 5.91 Å². The smallest absolute Gasteiger partial charge is 0.407 e. The molecule has 3 N–H and O–H groups in total. The lowest BCUT2D eigenvalue weighted by Gasteiger charge is -2.30. The van der Waals surface area contributed by atoms with Gasteiger partial charge in [-0.25, -0.2) is 22.4 Å². The molecule has 35 heavy (non-hydrogen) atoms. The van der Waals surface area contributed by atoms with Gasteiger partial charge in [0.05, 0.1) is 6.61 Å². The molecule has 0 aromatic heterocycles. The van der Waals surface area contributed by atoms with Gasteiger partial charge >= 0.3 is 6.09 Å². The van der Waals surface area contributed by atoms with Crippen LogP contribution in [-0.4, -0.2) is 36.7 Å². The number of carbonyl (C=O) groups excluding carboxylic acids is 2. The molecule has 0 atom stereocenters. The van der Waals surface area contributed by atoms with E-state index in [2.05, 4.69) is 20.9 Å². The minimum absolute atomic E-state index is 0.0196. The van der Waals surface area contributed by atoms with E-state index in [-0.39, 0.29) is 42.3 Å². The van der Waals surface area contributed by atoms with Crippen LogP contribution < -0.4 is 16.0 Å². The van der Waals surface area contributed by atoms with Gasteiger partial charge < -0.3 is 20.7 Å². The van der Waals surface area contributed by atoms with Crippen LogP contribution in [0.1, 0.15) is 48.5 Å². The molecule has 0 heterocycles. The van der Waals surface area contributed by atoms with Crippen LogP contribution in [0.2, 0.25) is 0 Å². The summed E-state index contributed by atoms with van der Waals surface area (Å²) in [5, 5.41) is 8.74. The molecule has 0 saturated heterocycles. The van der Waals surface area contributed by atoms with Gasteiger partial charge in [0, 0.05) is 30.3 Å². The maximum Gasteiger partial charge on any atom is 0.407 e. The van der Waals surface area contributed by atoms with Crippen LogP contribution in [-0.2, 0) is 11.3 Å². The van der Waals surface area contributed by atoms with Crippen LogP contribution in [0.15, 0.2) is 41.4 Å². The fraction of sp³-hybridized carbons (Fsp3) is 0.375. The first kappa shape index (κ1) is 26.0. The minimum atomic E-state index is -1.18. The number of hydrogen-bond donors (Lipinski definition) is 3. The number of alkyl carbamates (subject to hydrolysis) is 1. The summed E-state index contributed by atoms with van der Waals surface area (Å²) in [4.78, 5) is 28.1. The molecule has 1 aliphatic rings. The SMILES string of the molecule is CCOC(=O)N[C@H]1CC[C@H](N/C(=N\C(=O)c2ccc(F)c(F)c2)NCc2cc(F)cc(F)c2)CC1. The summed E-state index contributed by atoms with van der Waals surface area (Å²) < 4.78 is 58.7. The van der Waals surface area contributed by atoms with Crippen LogP contribution in [0, 0.1) is 23.3 Å². The molecular formula is C24H26F4N4O3. The summed E-state index contributed by atoms with van der Waals surface area (Å²) in [6.45, 7) is 1.94. The molecular weight excluding hydrogens is 468 g/mol. The number of hydrogen-bond acceptors (Lipinski definition) is 3.